The van der Waals surface area contributed by atoms with Gasteiger partial charge in [0.25, 0.3) is 0 Å². The van der Waals surface area contributed by atoms with Gasteiger partial charge in [0.2, 0.25) is 0 Å². The summed E-state index contributed by atoms with van der Waals surface area (Å²) in [6.07, 6.45) is 0. The molecule has 0 N–H and O–H groups in total. The molecule has 0 aliphatic rings. The van der Waals surface area contributed by atoms with E-state index in [-0.39, 0.29) is 158 Å². The first-order chi connectivity index (χ1) is 1.41. The third kappa shape index (κ3) is 23.3. The third-order valence-corrected chi connectivity index (χ3v) is 0. The van der Waals surface area contributed by atoms with Crippen LogP contribution in [0.2, 0.25) is 0 Å². The molecule has 0 fully saturated rings. The first kappa shape index (κ1) is 22.4. The Morgan fingerprint density at radius 3 is 1.33 bits per heavy atom. The first-order valence-corrected chi connectivity index (χ1v) is 0.894. The van der Waals surface area contributed by atoms with Crippen LogP contribution in [0.1, 0.15) is 4.28 Å². The van der Waals surface area contributed by atoms with Crippen LogP contribution >= 0.6 is 12.6 Å². The van der Waals surface area contributed by atoms with E-state index in [1.165, 1.54) is 5.40 Å². The predicted octanol–water partition coefficient (Wildman–Crippen LogP) is -8.25. The summed E-state index contributed by atoms with van der Waals surface area (Å²) in [5.74, 6) is 0. The Balaban J connectivity index is -0.00000000133. The van der Waals surface area contributed by atoms with Gasteiger partial charge in [0.15, 0.2) is 0 Å². The fourth-order valence-corrected chi connectivity index (χ4v) is 0. The molecule has 0 bridgehead atoms. The zero-order chi connectivity index (χ0) is 2.71. The first-order valence-electron chi connectivity index (χ1n) is 0.447. The van der Waals surface area contributed by atoms with Crippen LogP contribution in [0.15, 0.2) is 0 Å². The Kier molecular flexibility index (Phi) is 84.4. The number of thiol groups is 1. The van der Waals surface area contributed by atoms with Gasteiger partial charge in [0.1, 0.15) is 5.40 Å². The second-order valence-corrected chi connectivity index (χ2v) is 0.300. The van der Waals surface area contributed by atoms with E-state index < -0.39 is 0 Å². The Bertz CT molecular complexity index is 40.5. The van der Waals surface area contributed by atoms with Crippen molar-refractivity contribution in [3.05, 3.63) is 0 Å². The van der Waals surface area contributed by atoms with Crippen molar-refractivity contribution in [1.29, 1.82) is 5.26 Å². The van der Waals surface area contributed by atoms with Gasteiger partial charge in [-0.3, -0.25) is 0 Å². The van der Waals surface area contributed by atoms with Crippen LogP contribution in [0.3, 0.4) is 0 Å². The van der Waals surface area contributed by atoms with Gasteiger partial charge >= 0.3 is 154 Å². The number of hydrogen-bond donors (Lipinski definition) is 1. The quantitative estimate of drug-likeness (QED) is 0.223. The standard InChI is InChI=1S/CHNS.3K.3H/c2-1-3;;;;;;/h3H;;;;;;/q;3*+1;3*-1. The molecule has 0 unspecified atom stereocenters. The maximum Gasteiger partial charge on any atom is 1.00 e. The van der Waals surface area contributed by atoms with Crippen LogP contribution in [0.4, 0.5) is 0 Å². The Morgan fingerprint density at radius 1 is 1.33 bits per heavy atom. The molecule has 0 amide bonds. The molecule has 1 nitrogen and oxygen atoms in total. The molecular weight excluding hydrogens is 175 g/mol. The van der Waals surface area contributed by atoms with E-state index in [0.29, 0.717) is 0 Å². The van der Waals surface area contributed by atoms with Crippen molar-refractivity contribution in [2.75, 3.05) is 0 Å². The molecule has 0 saturated carbocycles. The van der Waals surface area contributed by atoms with Gasteiger partial charge < -0.3 is 4.28 Å². The zero-order valence-electron chi connectivity index (χ0n) is 7.39. The van der Waals surface area contributed by atoms with E-state index in [4.69, 9.17) is 5.26 Å². The minimum absolute atomic E-state index is 0. The SMILES string of the molecule is N#CS.[H-].[H-].[H-].[K+].[K+].[K+]. The molecule has 22 valence electrons. The molecule has 6 heavy (non-hydrogen) atoms. The van der Waals surface area contributed by atoms with E-state index in [2.05, 4.69) is 12.6 Å². The summed E-state index contributed by atoms with van der Waals surface area (Å²) in [6.45, 7) is 0. The van der Waals surface area contributed by atoms with Gasteiger partial charge in [-0.25, -0.2) is 0 Å². The van der Waals surface area contributed by atoms with E-state index >= 15 is 0 Å². The van der Waals surface area contributed by atoms with Crippen molar-refractivity contribution < 1.29 is 158 Å². The maximum atomic E-state index is 7.18. The van der Waals surface area contributed by atoms with Gasteiger partial charge in [-0.05, 0) is 0 Å². The Hall–Kier alpha value is 4.75. The van der Waals surface area contributed by atoms with Crippen molar-refractivity contribution >= 4 is 12.6 Å². The number of nitrogens with zero attached hydrogens (tertiary/aromatic N) is 1. The molecule has 5 heteroatoms. The molecule has 0 spiro atoms. The van der Waals surface area contributed by atoms with Crippen molar-refractivity contribution in [3.63, 3.8) is 0 Å². The molecule has 0 aliphatic heterocycles. The minimum Gasteiger partial charge on any atom is -1.00 e. The summed E-state index contributed by atoms with van der Waals surface area (Å²) in [5, 5.41) is 8.63. The molecule has 0 aromatic rings. The van der Waals surface area contributed by atoms with Crippen LogP contribution < -0.4 is 154 Å². The molecule has 0 aromatic carbocycles. The van der Waals surface area contributed by atoms with Gasteiger partial charge in [0, 0.05) is 0 Å². The number of hydrogen-bond acceptors (Lipinski definition) is 2. The molecule has 0 heterocycles. The molecule has 0 rings (SSSR count). The average Bonchev–Trinajstić information content (AvgIpc) is 0.918. The van der Waals surface area contributed by atoms with Crippen LogP contribution in [0.5, 0.6) is 0 Å². The summed E-state index contributed by atoms with van der Waals surface area (Å²) >= 11 is 3.09. The predicted molar refractivity (Wildman–Crippen MR) is 17.9 cm³/mol. The van der Waals surface area contributed by atoms with Crippen molar-refractivity contribution in [1.82, 2.24) is 0 Å². The molecular formula is CH4K3NS. The number of nitriles is 1. The summed E-state index contributed by atoms with van der Waals surface area (Å²) in [6, 6.07) is 0. The van der Waals surface area contributed by atoms with Crippen LogP contribution in [-0.2, 0) is 0 Å². The van der Waals surface area contributed by atoms with Crippen LogP contribution in [-0.4, -0.2) is 0 Å². The van der Waals surface area contributed by atoms with Crippen LogP contribution in [0.25, 0.3) is 0 Å². The Morgan fingerprint density at radius 2 is 1.33 bits per heavy atom. The van der Waals surface area contributed by atoms with Crippen molar-refractivity contribution in [2.45, 2.75) is 0 Å². The molecule has 0 aliphatic carbocycles. The third-order valence-electron chi connectivity index (χ3n) is 0. The second-order valence-electron chi connectivity index (χ2n) is 0.100. The molecule has 0 aromatic heterocycles. The van der Waals surface area contributed by atoms with Crippen molar-refractivity contribution in [3.8, 4) is 5.40 Å². The average molecular weight is 179 g/mol. The number of thiocyanates is 1. The van der Waals surface area contributed by atoms with E-state index in [1.807, 2.05) is 0 Å². The Labute approximate surface area is 176 Å². The van der Waals surface area contributed by atoms with Gasteiger partial charge in [-0.2, -0.15) is 5.26 Å². The van der Waals surface area contributed by atoms with Gasteiger partial charge in [-0.1, -0.05) is 12.6 Å². The summed E-state index contributed by atoms with van der Waals surface area (Å²) in [7, 11) is 0. The maximum absolute atomic E-state index is 7.18. The smallest absolute Gasteiger partial charge is 1.00 e. The summed E-state index contributed by atoms with van der Waals surface area (Å²) < 4.78 is 0. The fourth-order valence-electron chi connectivity index (χ4n) is 0. The molecule has 0 atom stereocenters. The normalized spacial score (nSPS) is 1.33. The minimum atomic E-state index is 0. The van der Waals surface area contributed by atoms with Crippen molar-refractivity contribution in [2.24, 2.45) is 0 Å². The molecule has 0 radical (unpaired) electrons. The second kappa shape index (κ2) is 22.6. The summed E-state index contributed by atoms with van der Waals surface area (Å²) in [5.41, 5.74) is 0. The van der Waals surface area contributed by atoms with E-state index in [0.717, 1.165) is 0 Å². The summed E-state index contributed by atoms with van der Waals surface area (Å²) in [4.78, 5) is 0. The topological polar surface area (TPSA) is 23.8 Å². The monoisotopic (exact) mass is 179 g/mol. The van der Waals surface area contributed by atoms with Gasteiger partial charge in [-0.15, -0.1) is 0 Å². The largest absolute Gasteiger partial charge is 1.00 e. The molecule has 0 saturated heterocycles. The van der Waals surface area contributed by atoms with Gasteiger partial charge in [0.05, 0.1) is 0 Å². The zero-order valence-corrected chi connectivity index (χ0v) is 14.7. The fraction of sp³-hybridized carbons (Fsp3) is 0. The number of rotatable bonds is 0. The van der Waals surface area contributed by atoms with E-state index in [1.54, 1.807) is 0 Å². The van der Waals surface area contributed by atoms with Crippen LogP contribution in [0, 0.1) is 10.7 Å². The van der Waals surface area contributed by atoms with E-state index in [9.17, 15) is 0 Å².